The molecule has 3 rings (SSSR count). The van der Waals surface area contributed by atoms with Crippen LogP contribution in [0.15, 0.2) is 12.1 Å². The van der Waals surface area contributed by atoms with E-state index < -0.39 is 0 Å². The third-order valence-corrected chi connectivity index (χ3v) is 4.70. The van der Waals surface area contributed by atoms with Crippen LogP contribution < -0.4 is 4.90 Å². The molecule has 0 aliphatic carbocycles. The highest BCUT2D eigenvalue weighted by Gasteiger charge is 2.43. The van der Waals surface area contributed by atoms with Gasteiger partial charge in [0.2, 0.25) is 0 Å². The van der Waals surface area contributed by atoms with Crippen LogP contribution in [0.5, 0.6) is 0 Å². The molecule has 2 heterocycles. The molecule has 0 spiro atoms. The molecule has 0 saturated heterocycles. The Morgan fingerprint density at radius 2 is 1.76 bits per heavy atom. The molecule has 1 aromatic carbocycles. The Labute approximate surface area is 105 Å². The molecular weight excluding hydrogens is 206 g/mol. The molecular formula is C16H23N. The molecule has 0 bridgehead atoms. The summed E-state index contributed by atoms with van der Waals surface area (Å²) in [4.78, 5) is 2.61. The maximum atomic E-state index is 2.61. The lowest BCUT2D eigenvalue weighted by molar-refractivity contribution is 0.448. The van der Waals surface area contributed by atoms with Crippen molar-refractivity contribution in [2.24, 2.45) is 0 Å². The molecule has 0 radical (unpaired) electrons. The average Bonchev–Trinajstić information content (AvgIpc) is 2.46. The fourth-order valence-corrected chi connectivity index (χ4v) is 3.79. The summed E-state index contributed by atoms with van der Waals surface area (Å²) in [5.74, 6) is 0. The predicted octanol–water partition coefficient (Wildman–Crippen LogP) is 3.77. The van der Waals surface area contributed by atoms with Gasteiger partial charge in [-0.15, -0.1) is 0 Å². The predicted molar refractivity (Wildman–Crippen MR) is 74.1 cm³/mol. The highest BCUT2D eigenvalue weighted by molar-refractivity contribution is 5.71. The van der Waals surface area contributed by atoms with Crippen molar-refractivity contribution in [1.29, 1.82) is 0 Å². The summed E-state index contributed by atoms with van der Waals surface area (Å²) in [5.41, 5.74) is 6.85. The third-order valence-electron chi connectivity index (χ3n) is 4.70. The van der Waals surface area contributed by atoms with E-state index in [9.17, 15) is 0 Å². The summed E-state index contributed by atoms with van der Waals surface area (Å²) >= 11 is 0. The van der Waals surface area contributed by atoms with Gasteiger partial charge in [0, 0.05) is 24.2 Å². The standard InChI is InChI=1S/C16H23N/c1-11-6-7-12-14-13(11)15(2,3)8-9-17(14)10-16(12,4)5/h6-7H,8-10H2,1-5H3. The van der Waals surface area contributed by atoms with Crippen molar-refractivity contribution < 1.29 is 0 Å². The first kappa shape index (κ1) is 11.1. The van der Waals surface area contributed by atoms with Crippen molar-refractivity contribution in [3.8, 4) is 0 Å². The number of anilines is 1. The number of aryl methyl sites for hydroxylation is 1. The van der Waals surface area contributed by atoms with Crippen molar-refractivity contribution in [3.05, 3.63) is 28.8 Å². The van der Waals surface area contributed by atoms with Crippen LogP contribution in [-0.2, 0) is 10.8 Å². The number of rotatable bonds is 0. The average molecular weight is 229 g/mol. The van der Waals surface area contributed by atoms with Crippen LogP contribution in [0.1, 0.15) is 50.8 Å². The van der Waals surface area contributed by atoms with Gasteiger partial charge in [0.15, 0.2) is 0 Å². The van der Waals surface area contributed by atoms with Gasteiger partial charge in [0.1, 0.15) is 0 Å². The minimum atomic E-state index is 0.318. The van der Waals surface area contributed by atoms with Gasteiger partial charge in [-0.25, -0.2) is 0 Å². The number of hydrogen-bond donors (Lipinski definition) is 0. The van der Waals surface area contributed by atoms with E-state index in [4.69, 9.17) is 0 Å². The van der Waals surface area contributed by atoms with Crippen molar-refractivity contribution in [2.45, 2.75) is 51.9 Å². The lowest BCUT2D eigenvalue weighted by Gasteiger charge is -2.39. The molecule has 0 unspecified atom stereocenters. The topological polar surface area (TPSA) is 3.24 Å². The van der Waals surface area contributed by atoms with Crippen LogP contribution in [0.2, 0.25) is 0 Å². The largest absolute Gasteiger partial charge is 0.370 e. The molecule has 1 heteroatoms. The molecule has 17 heavy (non-hydrogen) atoms. The summed E-state index contributed by atoms with van der Waals surface area (Å²) in [6, 6.07) is 4.68. The van der Waals surface area contributed by atoms with Crippen LogP contribution in [0.25, 0.3) is 0 Å². The SMILES string of the molecule is Cc1ccc2c3c1C(C)(C)CCN3CC2(C)C. The van der Waals surface area contributed by atoms with E-state index in [1.165, 1.54) is 25.1 Å². The summed E-state index contributed by atoms with van der Waals surface area (Å²) in [7, 11) is 0. The van der Waals surface area contributed by atoms with Crippen LogP contribution in [0.4, 0.5) is 5.69 Å². The normalized spacial score (nSPS) is 23.7. The second-order valence-electron chi connectivity index (χ2n) is 7.09. The van der Waals surface area contributed by atoms with E-state index in [-0.39, 0.29) is 0 Å². The van der Waals surface area contributed by atoms with Gasteiger partial charge in [0.05, 0.1) is 0 Å². The van der Waals surface area contributed by atoms with E-state index in [0.29, 0.717) is 10.8 Å². The fourth-order valence-electron chi connectivity index (χ4n) is 3.79. The van der Waals surface area contributed by atoms with Gasteiger partial charge in [-0.05, 0) is 35.4 Å². The maximum Gasteiger partial charge on any atom is 0.0445 e. The van der Waals surface area contributed by atoms with E-state index >= 15 is 0 Å². The Bertz CT molecular complexity index is 483. The van der Waals surface area contributed by atoms with Gasteiger partial charge < -0.3 is 4.90 Å². The van der Waals surface area contributed by atoms with Gasteiger partial charge in [-0.3, -0.25) is 0 Å². The monoisotopic (exact) mass is 229 g/mol. The minimum absolute atomic E-state index is 0.318. The Morgan fingerprint density at radius 3 is 2.47 bits per heavy atom. The Hall–Kier alpha value is -0.980. The number of benzene rings is 1. The van der Waals surface area contributed by atoms with E-state index in [1.54, 1.807) is 16.8 Å². The number of hydrogen-bond acceptors (Lipinski definition) is 1. The zero-order chi connectivity index (χ0) is 12.4. The Morgan fingerprint density at radius 1 is 1.06 bits per heavy atom. The molecule has 0 saturated carbocycles. The zero-order valence-corrected chi connectivity index (χ0v) is 11.7. The summed E-state index contributed by atoms with van der Waals surface area (Å²) in [5, 5.41) is 0. The molecule has 1 aromatic rings. The number of nitrogens with zero attached hydrogens (tertiary/aromatic N) is 1. The molecule has 0 N–H and O–H groups in total. The van der Waals surface area contributed by atoms with Crippen LogP contribution in [0.3, 0.4) is 0 Å². The smallest absolute Gasteiger partial charge is 0.0445 e. The lowest BCUT2D eigenvalue weighted by atomic mass is 9.74. The third kappa shape index (κ3) is 1.38. The highest BCUT2D eigenvalue weighted by Crippen LogP contribution is 2.50. The van der Waals surface area contributed by atoms with E-state index in [1.807, 2.05) is 0 Å². The minimum Gasteiger partial charge on any atom is -0.370 e. The summed E-state index contributed by atoms with van der Waals surface area (Å²) in [6.07, 6.45) is 1.28. The Balaban J connectivity index is 2.33. The summed E-state index contributed by atoms with van der Waals surface area (Å²) < 4.78 is 0. The molecule has 2 aliphatic heterocycles. The first-order chi connectivity index (χ1) is 7.83. The van der Waals surface area contributed by atoms with Gasteiger partial charge in [0.25, 0.3) is 0 Å². The second-order valence-corrected chi connectivity index (χ2v) is 7.09. The molecule has 2 aliphatic rings. The molecule has 0 atom stereocenters. The maximum absolute atomic E-state index is 2.61. The van der Waals surface area contributed by atoms with Crippen molar-refractivity contribution in [3.63, 3.8) is 0 Å². The van der Waals surface area contributed by atoms with Crippen LogP contribution in [-0.4, -0.2) is 13.1 Å². The molecule has 0 aromatic heterocycles. The van der Waals surface area contributed by atoms with E-state index in [0.717, 1.165) is 0 Å². The highest BCUT2D eigenvalue weighted by atomic mass is 15.2. The zero-order valence-electron chi connectivity index (χ0n) is 11.7. The van der Waals surface area contributed by atoms with Gasteiger partial charge in [-0.1, -0.05) is 39.8 Å². The molecule has 0 amide bonds. The van der Waals surface area contributed by atoms with Gasteiger partial charge in [-0.2, -0.15) is 0 Å². The van der Waals surface area contributed by atoms with Crippen LogP contribution >= 0.6 is 0 Å². The summed E-state index contributed by atoms with van der Waals surface area (Å²) in [6.45, 7) is 14.2. The van der Waals surface area contributed by atoms with Gasteiger partial charge >= 0.3 is 0 Å². The lowest BCUT2D eigenvalue weighted by Crippen LogP contribution is -2.37. The first-order valence-corrected chi connectivity index (χ1v) is 6.72. The fraction of sp³-hybridized carbons (Fsp3) is 0.625. The van der Waals surface area contributed by atoms with Crippen LogP contribution in [0, 0.1) is 6.92 Å². The quantitative estimate of drug-likeness (QED) is 0.654. The molecule has 0 fully saturated rings. The van der Waals surface area contributed by atoms with Crippen molar-refractivity contribution in [1.82, 2.24) is 0 Å². The van der Waals surface area contributed by atoms with Crippen molar-refractivity contribution >= 4 is 5.69 Å². The first-order valence-electron chi connectivity index (χ1n) is 6.72. The Kier molecular flexibility index (Phi) is 2.01. The molecule has 1 nitrogen and oxygen atoms in total. The second kappa shape index (κ2) is 3.07. The van der Waals surface area contributed by atoms with Crippen molar-refractivity contribution in [2.75, 3.05) is 18.0 Å². The molecule has 92 valence electrons. The van der Waals surface area contributed by atoms with E-state index in [2.05, 4.69) is 51.7 Å².